The molecule has 1 aliphatic carbocycles. The molecule has 23 heavy (non-hydrogen) atoms. The number of thiophene rings is 1. The average molecular weight is 347 g/mol. The Balaban J connectivity index is 1.63. The highest BCUT2D eigenvalue weighted by Crippen LogP contribution is 2.39. The first-order valence-electron chi connectivity index (χ1n) is 7.44. The van der Waals surface area contributed by atoms with Gasteiger partial charge < -0.3 is 10.4 Å². The number of thioether (sulfide) groups is 1. The first-order chi connectivity index (χ1) is 11.1. The van der Waals surface area contributed by atoms with Crippen molar-refractivity contribution in [3.05, 3.63) is 46.3 Å². The standard InChI is InChI=1S/C17H17NO3S2/c19-15(20)10-22-8-7-18-17(21)14-9-12-6-5-11-3-1-2-4-13(11)16(12)23-14/h1-4,9H,5-8,10H2,(H,18,21)(H,19,20). The molecule has 1 aromatic carbocycles. The largest absolute Gasteiger partial charge is 0.481 e. The zero-order chi connectivity index (χ0) is 16.2. The van der Waals surface area contributed by atoms with E-state index in [1.807, 2.05) is 12.1 Å². The van der Waals surface area contributed by atoms with Crippen molar-refractivity contribution in [3.8, 4) is 10.4 Å². The molecular formula is C17H17NO3S2. The van der Waals surface area contributed by atoms with Gasteiger partial charge in [0.05, 0.1) is 10.6 Å². The summed E-state index contributed by atoms with van der Waals surface area (Å²) >= 11 is 2.85. The average Bonchev–Trinajstić information content (AvgIpc) is 2.99. The molecule has 0 atom stereocenters. The lowest BCUT2D eigenvalue weighted by atomic mass is 9.91. The molecule has 0 unspecified atom stereocenters. The van der Waals surface area contributed by atoms with Crippen molar-refractivity contribution >= 4 is 35.0 Å². The van der Waals surface area contributed by atoms with Gasteiger partial charge in [-0.1, -0.05) is 24.3 Å². The van der Waals surface area contributed by atoms with Gasteiger partial charge in [0.15, 0.2) is 0 Å². The number of carbonyl (C=O) groups excluding carboxylic acids is 1. The van der Waals surface area contributed by atoms with E-state index in [4.69, 9.17) is 5.11 Å². The van der Waals surface area contributed by atoms with Gasteiger partial charge in [-0.2, -0.15) is 0 Å². The van der Waals surface area contributed by atoms with E-state index < -0.39 is 5.97 Å². The lowest BCUT2D eigenvalue weighted by Crippen LogP contribution is -2.25. The molecular weight excluding hydrogens is 330 g/mol. The van der Waals surface area contributed by atoms with Crippen LogP contribution in [0.2, 0.25) is 0 Å². The van der Waals surface area contributed by atoms with Gasteiger partial charge in [0.1, 0.15) is 0 Å². The van der Waals surface area contributed by atoms with Crippen LogP contribution < -0.4 is 5.32 Å². The van der Waals surface area contributed by atoms with Crippen LogP contribution in [0, 0.1) is 0 Å². The lowest BCUT2D eigenvalue weighted by molar-refractivity contribution is -0.133. The number of aryl methyl sites for hydroxylation is 2. The highest BCUT2D eigenvalue weighted by molar-refractivity contribution is 7.99. The Labute approximate surface area is 142 Å². The van der Waals surface area contributed by atoms with E-state index in [1.54, 1.807) is 11.3 Å². The topological polar surface area (TPSA) is 66.4 Å². The third-order valence-electron chi connectivity index (χ3n) is 3.72. The number of amides is 1. The van der Waals surface area contributed by atoms with E-state index in [0.717, 1.165) is 17.7 Å². The van der Waals surface area contributed by atoms with Crippen LogP contribution in [0.5, 0.6) is 0 Å². The van der Waals surface area contributed by atoms with Crippen LogP contribution >= 0.6 is 23.1 Å². The van der Waals surface area contributed by atoms with Gasteiger partial charge in [-0.3, -0.25) is 9.59 Å². The number of fused-ring (bicyclic) bond motifs is 3. The molecule has 1 heterocycles. The summed E-state index contributed by atoms with van der Waals surface area (Å²) in [6.07, 6.45) is 2.00. The Kier molecular flexibility index (Phi) is 5.03. The fourth-order valence-electron chi connectivity index (χ4n) is 2.67. The van der Waals surface area contributed by atoms with Crippen LogP contribution in [0.3, 0.4) is 0 Å². The molecule has 0 saturated carbocycles. The van der Waals surface area contributed by atoms with Gasteiger partial charge in [0.25, 0.3) is 5.91 Å². The van der Waals surface area contributed by atoms with Gasteiger partial charge in [-0.05, 0) is 35.6 Å². The second-order valence-corrected chi connectivity index (χ2v) is 7.48. The molecule has 0 bridgehead atoms. The Hall–Kier alpha value is -1.79. The summed E-state index contributed by atoms with van der Waals surface area (Å²) in [5.74, 6) is -0.227. The number of aliphatic carboxylic acids is 1. The molecule has 1 amide bonds. The van der Waals surface area contributed by atoms with Crippen LogP contribution in [0.25, 0.3) is 10.4 Å². The van der Waals surface area contributed by atoms with Crippen LogP contribution in [0.1, 0.15) is 20.8 Å². The molecule has 0 fully saturated rings. The summed E-state index contributed by atoms with van der Waals surface area (Å²) in [5.41, 5.74) is 3.84. The Morgan fingerprint density at radius 2 is 2.00 bits per heavy atom. The number of nitrogens with one attached hydrogen (secondary N) is 1. The molecule has 2 N–H and O–H groups in total. The van der Waals surface area contributed by atoms with E-state index in [1.165, 1.54) is 33.3 Å². The summed E-state index contributed by atoms with van der Waals surface area (Å²) in [6.45, 7) is 0.482. The van der Waals surface area contributed by atoms with Gasteiger partial charge in [-0.15, -0.1) is 23.1 Å². The first-order valence-corrected chi connectivity index (χ1v) is 9.41. The number of hydrogen-bond donors (Lipinski definition) is 2. The van der Waals surface area contributed by atoms with E-state index >= 15 is 0 Å². The highest BCUT2D eigenvalue weighted by Gasteiger charge is 2.21. The third-order valence-corrected chi connectivity index (χ3v) is 5.87. The first kappa shape index (κ1) is 16.1. The smallest absolute Gasteiger partial charge is 0.313 e. The Bertz CT molecular complexity index is 739. The van der Waals surface area contributed by atoms with Crippen LogP contribution in [0.4, 0.5) is 0 Å². The van der Waals surface area contributed by atoms with Crippen LogP contribution in [-0.2, 0) is 17.6 Å². The minimum Gasteiger partial charge on any atom is -0.481 e. The summed E-state index contributed by atoms with van der Waals surface area (Å²) in [7, 11) is 0. The molecule has 0 spiro atoms. The molecule has 0 radical (unpaired) electrons. The van der Waals surface area contributed by atoms with Crippen molar-refractivity contribution in [1.29, 1.82) is 0 Å². The van der Waals surface area contributed by atoms with E-state index in [-0.39, 0.29) is 11.7 Å². The zero-order valence-electron chi connectivity index (χ0n) is 12.5. The molecule has 6 heteroatoms. The molecule has 4 nitrogen and oxygen atoms in total. The monoisotopic (exact) mass is 347 g/mol. The number of rotatable bonds is 6. The quantitative estimate of drug-likeness (QED) is 0.788. The van der Waals surface area contributed by atoms with Crippen LogP contribution in [0.15, 0.2) is 30.3 Å². The summed E-state index contributed by atoms with van der Waals surface area (Å²) < 4.78 is 0. The number of benzene rings is 1. The molecule has 1 aromatic heterocycles. The van der Waals surface area contributed by atoms with Crippen molar-refractivity contribution < 1.29 is 14.7 Å². The second-order valence-electron chi connectivity index (χ2n) is 5.32. The molecule has 0 saturated heterocycles. The number of carboxylic acid groups (broad SMARTS) is 1. The number of carboxylic acids is 1. The van der Waals surface area contributed by atoms with E-state index in [9.17, 15) is 9.59 Å². The maximum Gasteiger partial charge on any atom is 0.313 e. The number of carbonyl (C=O) groups is 2. The lowest BCUT2D eigenvalue weighted by Gasteiger charge is -2.15. The van der Waals surface area contributed by atoms with Crippen molar-refractivity contribution in [3.63, 3.8) is 0 Å². The molecule has 2 aromatic rings. The molecule has 3 rings (SSSR count). The highest BCUT2D eigenvalue weighted by atomic mass is 32.2. The predicted molar refractivity (Wildman–Crippen MR) is 94.5 cm³/mol. The zero-order valence-corrected chi connectivity index (χ0v) is 14.1. The van der Waals surface area contributed by atoms with Gasteiger partial charge >= 0.3 is 5.97 Å². The Morgan fingerprint density at radius 3 is 2.83 bits per heavy atom. The maximum absolute atomic E-state index is 12.2. The summed E-state index contributed by atoms with van der Waals surface area (Å²) in [5, 5.41) is 11.4. The number of hydrogen-bond acceptors (Lipinski definition) is 4. The molecule has 1 aliphatic rings. The van der Waals surface area contributed by atoms with Crippen molar-refractivity contribution in [1.82, 2.24) is 5.32 Å². The predicted octanol–water partition coefficient (Wildman–Crippen LogP) is 3.06. The van der Waals surface area contributed by atoms with Crippen molar-refractivity contribution in [2.24, 2.45) is 0 Å². The fourth-order valence-corrected chi connectivity index (χ4v) is 4.42. The maximum atomic E-state index is 12.2. The van der Waals surface area contributed by atoms with Gasteiger partial charge in [0.2, 0.25) is 0 Å². The van der Waals surface area contributed by atoms with Crippen molar-refractivity contribution in [2.75, 3.05) is 18.1 Å². The second kappa shape index (κ2) is 7.19. The van der Waals surface area contributed by atoms with E-state index in [0.29, 0.717) is 12.3 Å². The van der Waals surface area contributed by atoms with Gasteiger partial charge in [0, 0.05) is 17.2 Å². The SMILES string of the molecule is O=C(O)CSCCNC(=O)c1cc2c(s1)-c1ccccc1CC2. The van der Waals surface area contributed by atoms with Crippen molar-refractivity contribution in [2.45, 2.75) is 12.8 Å². The summed E-state index contributed by atoms with van der Waals surface area (Å²) in [4.78, 5) is 24.6. The minimum atomic E-state index is -0.828. The normalized spacial score (nSPS) is 12.3. The molecule has 0 aliphatic heterocycles. The summed E-state index contributed by atoms with van der Waals surface area (Å²) in [6, 6.07) is 10.4. The Morgan fingerprint density at radius 1 is 1.22 bits per heavy atom. The third kappa shape index (κ3) is 3.76. The van der Waals surface area contributed by atoms with E-state index in [2.05, 4.69) is 23.5 Å². The minimum absolute atomic E-state index is 0.0694. The fraction of sp³-hybridized carbons (Fsp3) is 0.294. The van der Waals surface area contributed by atoms with Crippen LogP contribution in [-0.4, -0.2) is 35.0 Å². The van der Waals surface area contributed by atoms with Gasteiger partial charge in [-0.25, -0.2) is 0 Å². The molecule has 120 valence electrons.